The number of allylic oxidation sites excluding steroid dienone is 2. The van der Waals surface area contributed by atoms with Gasteiger partial charge in [-0.15, -0.1) is 0 Å². The summed E-state index contributed by atoms with van der Waals surface area (Å²) in [6.07, 6.45) is 4.50. The Morgan fingerprint density at radius 1 is 0.800 bits per heavy atom. The van der Waals surface area contributed by atoms with Crippen molar-refractivity contribution in [1.82, 2.24) is 9.80 Å². The van der Waals surface area contributed by atoms with Gasteiger partial charge in [0.05, 0.1) is 26.7 Å². The molecule has 0 amide bonds. The maximum absolute atomic E-state index is 13.7. The number of carbonyl (C=O) groups is 1. The summed E-state index contributed by atoms with van der Waals surface area (Å²) in [5.41, 5.74) is 3.55. The minimum absolute atomic E-state index is 0.0174. The number of ether oxygens (including phenoxy) is 4. The molecular weight excluding hydrogens is 624 g/mol. The zero-order valence-electron chi connectivity index (χ0n) is 33.3. The summed E-state index contributed by atoms with van der Waals surface area (Å²) in [4.78, 5) is 18.8. The standard InChI is InChI=1S/C43H68N2O5/c1-30(2)14-19-37-40(49-23-13-21-45(28-33(7)8)29-34(9)10)25-41(47-11)42-38(46)24-39(50-43(37)42)35-15-17-36(18-16-35)48-22-12-20-44(26-31(3)4)27-32(5)6/h14-18,25,31-34,39H,12-13,19-24,26-29H2,1-11H3. The van der Waals surface area contributed by atoms with E-state index in [0.29, 0.717) is 60.4 Å². The second-order valence-electron chi connectivity index (χ2n) is 16.0. The van der Waals surface area contributed by atoms with Crippen molar-refractivity contribution < 1.29 is 23.7 Å². The van der Waals surface area contributed by atoms with Crippen molar-refractivity contribution in [2.24, 2.45) is 23.7 Å². The normalized spacial score (nSPS) is 14.6. The smallest absolute Gasteiger partial charge is 0.174 e. The highest BCUT2D eigenvalue weighted by Crippen LogP contribution is 2.46. The van der Waals surface area contributed by atoms with Crippen molar-refractivity contribution in [3.63, 3.8) is 0 Å². The van der Waals surface area contributed by atoms with E-state index >= 15 is 0 Å². The molecule has 50 heavy (non-hydrogen) atoms. The molecule has 1 atom stereocenters. The van der Waals surface area contributed by atoms with E-state index in [1.165, 1.54) is 5.57 Å². The lowest BCUT2D eigenvalue weighted by molar-refractivity contribution is 0.0841. The van der Waals surface area contributed by atoms with E-state index in [2.05, 4.69) is 85.1 Å². The topological polar surface area (TPSA) is 60.5 Å². The van der Waals surface area contributed by atoms with Crippen molar-refractivity contribution >= 4 is 5.78 Å². The predicted octanol–water partition coefficient (Wildman–Crippen LogP) is 9.68. The molecule has 0 aliphatic carbocycles. The van der Waals surface area contributed by atoms with Crippen LogP contribution in [0, 0.1) is 23.7 Å². The molecule has 0 aromatic heterocycles. The maximum atomic E-state index is 13.7. The highest BCUT2D eigenvalue weighted by molar-refractivity contribution is 6.03. The van der Waals surface area contributed by atoms with Gasteiger partial charge in [0, 0.05) is 50.9 Å². The SMILES string of the molecule is COc1cc(OCCCN(CC(C)C)CC(C)C)c(CC=C(C)C)c2c1C(=O)CC(c1ccc(OCCCN(CC(C)C)CC(C)C)cc1)O2. The van der Waals surface area contributed by atoms with Crippen molar-refractivity contribution in [3.8, 4) is 23.0 Å². The van der Waals surface area contributed by atoms with Gasteiger partial charge in [-0.1, -0.05) is 79.2 Å². The van der Waals surface area contributed by atoms with Gasteiger partial charge in [-0.05, 0) is 74.5 Å². The maximum Gasteiger partial charge on any atom is 0.174 e. The lowest BCUT2D eigenvalue weighted by Crippen LogP contribution is -2.33. The number of rotatable bonds is 22. The third-order valence-electron chi connectivity index (χ3n) is 8.66. The fourth-order valence-electron chi connectivity index (χ4n) is 6.78. The molecule has 0 saturated heterocycles. The van der Waals surface area contributed by atoms with Crippen molar-refractivity contribution in [2.45, 2.75) is 101 Å². The van der Waals surface area contributed by atoms with Gasteiger partial charge in [0.2, 0.25) is 0 Å². The molecule has 1 aliphatic heterocycles. The Morgan fingerprint density at radius 3 is 1.80 bits per heavy atom. The summed E-state index contributed by atoms with van der Waals surface area (Å²) in [6.45, 7) is 30.0. The Kier molecular flexibility index (Phi) is 17.2. The molecule has 1 aliphatic rings. The molecule has 7 heteroatoms. The predicted molar refractivity (Wildman–Crippen MR) is 207 cm³/mol. The van der Waals surface area contributed by atoms with Crippen molar-refractivity contribution in [2.75, 3.05) is 59.6 Å². The van der Waals surface area contributed by atoms with Gasteiger partial charge >= 0.3 is 0 Å². The second kappa shape index (κ2) is 20.7. The third kappa shape index (κ3) is 13.6. The van der Waals surface area contributed by atoms with E-state index in [1.54, 1.807) is 7.11 Å². The molecule has 0 spiro atoms. The van der Waals surface area contributed by atoms with Gasteiger partial charge in [0.1, 0.15) is 34.7 Å². The third-order valence-corrected chi connectivity index (χ3v) is 8.66. The molecule has 0 bridgehead atoms. The first-order valence-electron chi connectivity index (χ1n) is 19.1. The Labute approximate surface area is 304 Å². The number of nitrogens with zero attached hydrogens (tertiary/aromatic N) is 2. The van der Waals surface area contributed by atoms with Crippen LogP contribution < -0.4 is 18.9 Å². The van der Waals surface area contributed by atoms with E-state index in [-0.39, 0.29) is 12.2 Å². The molecule has 1 heterocycles. The van der Waals surface area contributed by atoms with Gasteiger partial charge in [-0.25, -0.2) is 0 Å². The zero-order valence-corrected chi connectivity index (χ0v) is 33.3. The highest BCUT2D eigenvalue weighted by Gasteiger charge is 2.34. The second-order valence-corrected chi connectivity index (χ2v) is 16.0. The van der Waals surface area contributed by atoms with Crippen LogP contribution in [0.5, 0.6) is 23.0 Å². The van der Waals surface area contributed by atoms with Crippen LogP contribution in [0.3, 0.4) is 0 Å². The highest BCUT2D eigenvalue weighted by atomic mass is 16.5. The van der Waals surface area contributed by atoms with Gasteiger partial charge < -0.3 is 28.7 Å². The van der Waals surface area contributed by atoms with E-state index in [9.17, 15) is 4.79 Å². The quantitative estimate of drug-likeness (QED) is 0.0900. The lowest BCUT2D eigenvalue weighted by Gasteiger charge is -2.30. The average Bonchev–Trinajstić information content (AvgIpc) is 3.02. The number of hydrogen-bond acceptors (Lipinski definition) is 7. The van der Waals surface area contributed by atoms with Crippen LogP contribution >= 0.6 is 0 Å². The molecule has 1 unspecified atom stereocenters. The monoisotopic (exact) mass is 693 g/mol. The lowest BCUT2D eigenvalue weighted by atomic mass is 9.92. The van der Waals surface area contributed by atoms with E-state index in [0.717, 1.165) is 74.7 Å². The number of carbonyl (C=O) groups excluding carboxylic acids is 1. The Morgan fingerprint density at radius 2 is 1.32 bits per heavy atom. The summed E-state index contributed by atoms with van der Waals surface area (Å²) < 4.78 is 25.1. The van der Waals surface area contributed by atoms with Crippen LogP contribution in [-0.4, -0.2) is 75.2 Å². The fraction of sp³-hybridized carbons (Fsp3) is 0.651. The number of ketones is 1. The van der Waals surface area contributed by atoms with Gasteiger partial charge in [0.15, 0.2) is 5.78 Å². The van der Waals surface area contributed by atoms with Gasteiger partial charge in [-0.2, -0.15) is 0 Å². The van der Waals surface area contributed by atoms with Crippen molar-refractivity contribution in [3.05, 3.63) is 58.7 Å². The Hall–Kier alpha value is -3.03. The van der Waals surface area contributed by atoms with E-state index in [1.807, 2.05) is 30.3 Å². The van der Waals surface area contributed by atoms with Crippen LogP contribution in [0.4, 0.5) is 0 Å². The first-order valence-corrected chi connectivity index (χ1v) is 19.1. The van der Waals surface area contributed by atoms with Crippen molar-refractivity contribution in [1.29, 1.82) is 0 Å². The molecule has 0 fully saturated rings. The Balaban J connectivity index is 1.75. The molecule has 280 valence electrons. The molecule has 3 rings (SSSR count). The summed E-state index contributed by atoms with van der Waals surface area (Å²) in [5.74, 6) is 5.18. The zero-order chi connectivity index (χ0) is 36.8. The van der Waals surface area contributed by atoms with Crippen LogP contribution in [0.2, 0.25) is 0 Å². The van der Waals surface area contributed by atoms with E-state index in [4.69, 9.17) is 18.9 Å². The van der Waals surface area contributed by atoms with Gasteiger partial charge in [0.25, 0.3) is 0 Å². The summed E-state index contributed by atoms with van der Waals surface area (Å²) >= 11 is 0. The average molecular weight is 693 g/mol. The number of fused-ring (bicyclic) bond motifs is 1. The summed E-state index contributed by atoms with van der Waals surface area (Å²) in [5, 5.41) is 0. The largest absolute Gasteiger partial charge is 0.496 e. The fourth-order valence-corrected chi connectivity index (χ4v) is 6.78. The summed E-state index contributed by atoms with van der Waals surface area (Å²) in [7, 11) is 1.61. The van der Waals surface area contributed by atoms with E-state index < -0.39 is 6.10 Å². The number of benzene rings is 2. The molecular formula is C43H68N2O5. The first-order chi connectivity index (χ1) is 23.8. The van der Waals surface area contributed by atoms with Crippen LogP contribution in [0.15, 0.2) is 42.0 Å². The minimum Gasteiger partial charge on any atom is -0.496 e. The molecule has 0 radical (unpaired) electrons. The first kappa shape index (κ1) is 41.4. The molecule has 0 saturated carbocycles. The molecule has 2 aromatic rings. The molecule has 2 aromatic carbocycles. The number of hydrogen-bond donors (Lipinski definition) is 0. The Bertz CT molecular complexity index is 1320. The molecule has 0 N–H and O–H groups in total. The minimum atomic E-state index is -0.407. The number of Topliss-reactive ketones (excluding diaryl/α,β-unsaturated/α-hetero) is 1. The molecule has 7 nitrogen and oxygen atoms in total. The van der Waals surface area contributed by atoms with Crippen LogP contribution in [0.1, 0.15) is 116 Å². The van der Waals surface area contributed by atoms with Gasteiger partial charge in [-0.3, -0.25) is 4.79 Å². The van der Waals surface area contributed by atoms with Crippen LogP contribution in [-0.2, 0) is 6.42 Å². The number of methoxy groups -OCH3 is 1. The van der Waals surface area contributed by atoms with Crippen LogP contribution in [0.25, 0.3) is 0 Å². The summed E-state index contributed by atoms with van der Waals surface area (Å²) in [6, 6.07) is 9.91.